The average molecular weight is 430 g/mol. The molecule has 0 aliphatic carbocycles. The molecule has 7 nitrogen and oxygen atoms in total. The van der Waals surface area contributed by atoms with Gasteiger partial charge in [-0.05, 0) is 55.3 Å². The SMILES string of the molecule is COc1ccc(CN(Cc2ccc(OC)cc2)S(=O)(=O)c2ccn(C(C)C)n2)cc1. The number of hydrogen-bond donors (Lipinski definition) is 0. The molecule has 160 valence electrons. The number of ether oxygens (including phenoxy) is 2. The standard InChI is InChI=1S/C22H27N3O4S/c1-17(2)25-14-13-22(23-25)30(26,27)24(15-18-5-9-20(28-3)10-6-18)16-19-7-11-21(29-4)12-8-19/h5-14,17H,15-16H2,1-4H3. The Bertz CT molecular complexity index is 1010. The maximum Gasteiger partial charge on any atom is 0.262 e. The molecule has 0 aliphatic heterocycles. The number of methoxy groups -OCH3 is 2. The van der Waals surface area contributed by atoms with Crippen LogP contribution in [0, 0.1) is 0 Å². The van der Waals surface area contributed by atoms with Gasteiger partial charge in [0.1, 0.15) is 11.5 Å². The van der Waals surface area contributed by atoms with Crippen LogP contribution in [-0.2, 0) is 23.1 Å². The van der Waals surface area contributed by atoms with Crippen LogP contribution in [0.3, 0.4) is 0 Å². The van der Waals surface area contributed by atoms with Crippen LogP contribution in [0.25, 0.3) is 0 Å². The third-order valence-corrected chi connectivity index (χ3v) is 6.44. The molecule has 0 N–H and O–H groups in total. The number of benzene rings is 2. The number of hydrogen-bond acceptors (Lipinski definition) is 5. The van der Waals surface area contributed by atoms with Crippen molar-refractivity contribution < 1.29 is 17.9 Å². The molecule has 3 aromatic rings. The summed E-state index contributed by atoms with van der Waals surface area (Å²) in [4.78, 5) is 0. The lowest BCUT2D eigenvalue weighted by Gasteiger charge is -2.22. The van der Waals surface area contributed by atoms with E-state index < -0.39 is 10.0 Å². The van der Waals surface area contributed by atoms with E-state index in [-0.39, 0.29) is 24.2 Å². The summed E-state index contributed by atoms with van der Waals surface area (Å²) >= 11 is 0. The van der Waals surface area contributed by atoms with E-state index in [0.29, 0.717) is 0 Å². The summed E-state index contributed by atoms with van der Waals surface area (Å²) in [7, 11) is -0.607. The third-order valence-electron chi connectivity index (χ3n) is 4.75. The van der Waals surface area contributed by atoms with Gasteiger partial charge in [-0.25, -0.2) is 8.42 Å². The van der Waals surface area contributed by atoms with E-state index in [1.807, 2.05) is 62.4 Å². The maximum absolute atomic E-state index is 13.4. The van der Waals surface area contributed by atoms with Crippen molar-refractivity contribution in [3.05, 3.63) is 71.9 Å². The van der Waals surface area contributed by atoms with E-state index in [2.05, 4.69) is 5.10 Å². The van der Waals surface area contributed by atoms with Crippen LogP contribution in [0.5, 0.6) is 11.5 Å². The smallest absolute Gasteiger partial charge is 0.262 e. The lowest BCUT2D eigenvalue weighted by Crippen LogP contribution is -2.30. The van der Waals surface area contributed by atoms with Crippen molar-refractivity contribution in [2.24, 2.45) is 0 Å². The second kappa shape index (κ2) is 9.32. The molecule has 0 fully saturated rings. The lowest BCUT2D eigenvalue weighted by molar-refractivity contribution is 0.394. The minimum atomic E-state index is -3.80. The summed E-state index contributed by atoms with van der Waals surface area (Å²) in [6, 6.07) is 16.4. The number of rotatable bonds is 9. The van der Waals surface area contributed by atoms with Crippen LogP contribution in [-0.4, -0.2) is 36.7 Å². The first-order valence-electron chi connectivity index (χ1n) is 9.64. The predicted octanol–water partition coefficient (Wildman–Crippen LogP) is 3.87. The topological polar surface area (TPSA) is 73.7 Å². The molecule has 0 aliphatic rings. The van der Waals surface area contributed by atoms with Crippen molar-refractivity contribution in [1.82, 2.24) is 14.1 Å². The highest BCUT2D eigenvalue weighted by Gasteiger charge is 2.27. The second-order valence-corrected chi connectivity index (χ2v) is 9.08. The lowest BCUT2D eigenvalue weighted by atomic mass is 10.2. The van der Waals surface area contributed by atoms with Gasteiger partial charge in [-0.15, -0.1) is 0 Å². The van der Waals surface area contributed by atoms with Crippen LogP contribution in [0.4, 0.5) is 0 Å². The molecule has 30 heavy (non-hydrogen) atoms. The summed E-state index contributed by atoms with van der Waals surface area (Å²) in [6.45, 7) is 4.34. The van der Waals surface area contributed by atoms with Gasteiger partial charge in [0.25, 0.3) is 10.0 Å². The van der Waals surface area contributed by atoms with Crippen molar-refractivity contribution in [1.29, 1.82) is 0 Å². The zero-order chi connectivity index (χ0) is 21.7. The summed E-state index contributed by atoms with van der Waals surface area (Å²) in [6.07, 6.45) is 1.69. The molecule has 1 aromatic heterocycles. The van der Waals surface area contributed by atoms with Gasteiger partial charge in [0.2, 0.25) is 0 Å². The van der Waals surface area contributed by atoms with Crippen LogP contribution in [0.15, 0.2) is 65.8 Å². The first-order valence-corrected chi connectivity index (χ1v) is 11.1. The minimum absolute atomic E-state index is 0.0400. The average Bonchev–Trinajstić information content (AvgIpc) is 3.26. The molecule has 0 amide bonds. The van der Waals surface area contributed by atoms with Gasteiger partial charge in [0.15, 0.2) is 5.03 Å². The van der Waals surface area contributed by atoms with Crippen LogP contribution in [0.2, 0.25) is 0 Å². The van der Waals surface area contributed by atoms with E-state index >= 15 is 0 Å². The van der Waals surface area contributed by atoms with Crippen molar-refractivity contribution in [3.8, 4) is 11.5 Å². The van der Waals surface area contributed by atoms with E-state index in [0.717, 1.165) is 22.6 Å². The normalized spacial score (nSPS) is 11.8. The number of aromatic nitrogens is 2. The monoisotopic (exact) mass is 429 g/mol. The Morgan fingerprint density at radius 2 is 1.33 bits per heavy atom. The molecule has 0 radical (unpaired) electrons. The zero-order valence-corrected chi connectivity index (χ0v) is 18.5. The molecule has 2 aromatic carbocycles. The summed E-state index contributed by atoms with van der Waals surface area (Å²) in [5, 5.41) is 4.33. The number of nitrogens with zero attached hydrogens (tertiary/aromatic N) is 3. The molecular weight excluding hydrogens is 402 g/mol. The van der Waals surface area contributed by atoms with E-state index in [1.165, 1.54) is 4.31 Å². The van der Waals surface area contributed by atoms with E-state index in [1.54, 1.807) is 31.2 Å². The molecule has 0 saturated carbocycles. The largest absolute Gasteiger partial charge is 0.497 e. The molecule has 0 spiro atoms. The van der Waals surface area contributed by atoms with Gasteiger partial charge in [-0.2, -0.15) is 9.40 Å². The van der Waals surface area contributed by atoms with Crippen LogP contribution < -0.4 is 9.47 Å². The van der Waals surface area contributed by atoms with Gasteiger partial charge < -0.3 is 9.47 Å². The van der Waals surface area contributed by atoms with Crippen LogP contribution >= 0.6 is 0 Å². The maximum atomic E-state index is 13.4. The predicted molar refractivity (Wildman–Crippen MR) is 115 cm³/mol. The van der Waals surface area contributed by atoms with Crippen molar-refractivity contribution in [2.75, 3.05) is 14.2 Å². The highest BCUT2D eigenvalue weighted by Crippen LogP contribution is 2.23. The van der Waals surface area contributed by atoms with Crippen molar-refractivity contribution in [2.45, 2.75) is 38.0 Å². The van der Waals surface area contributed by atoms with Crippen LogP contribution in [0.1, 0.15) is 31.0 Å². The Labute approximate surface area is 177 Å². The fraction of sp³-hybridized carbons (Fsp3) is 0.318. The zero-order valence-electron chi connectivity index (χ0n) is 17.6. The molecule has 0 saturated heterocycles. The number of sulfonamides is 1. The van der Waals surface area contributed by atoms with Gasteiger partial charge in [0.05, 0.1) is 14.2 Å². The molecule has 3 rings (SSSR count). The Hall–Kier alpha value is -2.84. The van der Waals surface area contributed by atoms with Gasteiger partial charge in [-0.1, -0.05) is 24.3 Å². The molecule has 8 heteroatoms. The first kappa shape index (κ1) is 21.9. The quantitative estimate of drug-likeness (QED) is 0.516. The fourth-order valence-electron chi connectivity index (χ4n) is 2.97. The molecular formula is C22H27N3O4S. The summed E-state index contributed by atoms with van der Waals surface area (Å²) < 4.78 is 40.3. The Balaban J connectivity index is 1.93. The molecule has 0 bridgehead atoms. The fourth-order valence-corrected chi connectivity index (χ4v) is 4.31. The third kappa shape index (κ3) is 5.01. The Morgan fingerprint density at radius 1 is 0.867 bits per heavy atom. The minimum Gasteiger partial charge on any atom is -0.497 e. The van der Waals surface area contributed by atoms with Gasteiger partial charge >= 0.3 is 0 Å². The molecule has 0 atom stereocenters. The van der Waals surface area contributed by atoms with E-state index in [4.69, 9.17) is 9.47 Å². The Morgan fingerprint density at radius 3 is 1.70 bits per heavy atom. The van der Waals surface area contributed by atoms with Gasteiger partial charge in [0, 0.05) is 25.3 Å². The van der Waals surface area contributed by atoms with Gasteiger partial charge in [-0.3, -0.25) is 4.68 Å². The molecule has 0 unspecified atom stereocenters. The molecule has 1 heterocycles. The summed E-state index contributed by atoms with van der Waals surface area (Å²) in [5.74, 6) is 1.44. The Kier molecular flexibility index (Phi) is 6.79. The first-order chi connectivity index (χ1) is 14.3. The summed E-state index contributed by atoms with van der Waals surface area (Å²) in [5.41, 5.74) is 1.72. The van der Waals surface area contributed by atoms with E-state index in [9.17, 15) is 8.42 Å². The highest BCUT2D eigenvalue weighted by molar-refractivity contribution is 7.89. The van der Waals surface area contributed by atoms with Crippen molar-refractivity contribution >= 4 is 10.0 Å². The second-order valence-electron chi connectivity index (χ2n) is 7.20. The highest BCUT2D eigenvalue weighted by atomic mass is 32.2. The van der Waals surface area contributed by atoms with Crippen molar-refractivity contribution in [3.63, 3.8) is 0 Å².